The number of anilines is 2. The third-order valence-corrected chi connectivity index (χ3v) is 3.90. The van der Waals surface area contributed by atoms with E-state index in [0.717, 1.165) is 18.4 Å². The van der Waals surface area contributed by atoms with Gasteiger partial charge in [-0.1, -0.05) is 19.4 Å². The Bertz CT molecular complexity index is 802. The molecule has 0 saturated carbocycles. The first-order valence-corrected chi connectivity index (χ1v) is 8.53. The second-order valence-electron chi connectivity index (χ2n) is 6.04. The van der Waals surface area contributed by atoms with Crippen LogP contribution < -0.4 is 15.4 Å². The molecule has 2 aromatic carbocycles. The molecule has 0 spiro atoms. The lowest BCUT2D eigenvalue weighted by atomic mass is 10.1. The molecule has 6 nitrogen and oxygen atoms in total. The van der Waals surface area contributed by atoms with Gasteiger partial charge in [0, 0.05) is 12.0 Å². The lowest BCUT2D eigenvalue weighted by Gasteiger charge is -2.14. The highest BCUT2D eigenvalue weighted by Gasteiger charge is 2.13. The smallest absolute Gasteiger partial charge is 0.255 e. The van der Waals surface area contributed by atoms with Crippen molar-refractivity contribution in [2.75, 3.05) is 17.7 Å². The summed E-state index contributed by atoms with van der Waals surface area (Å²) < 4.78 is 5.03. The predicted molar refractivity (Wildman–Crippen MR) is 102 cm³/mol. The molecule has 6 heteroatoms. The van der Waals surface area contributed by atoms with Gasteiger partial charge in [-0.15, -0.1) is 0 Å². The number of benzene rings is 2. The van der Waals surface area contributed by atoms with E-state index in [1.54, 1.807) is 12.1 Å². The molecular weight excluding hydrogens is 332 g/mol. The van der Waals surface area contributed by atoms with Crippen molar-refractivity contribution >= 4 is 23.2 Å². The van der Waals surface area contributed by atoms with Crippen LogP contribution in [0.3, 0.4) is 0 Å². The Kier molecular flexibility index (Phi) is 6.60. The molecule has 3 N–H and O–H groups in total. The summed E-state index contributed by atoms with van der Waals surface area (Å²) in [5.41, 5.74) is 2.36. The Balaban J connectivity index is 2.21. The summed E-state index contributed by atoms with van der Waals surface area (Å²) in [5.74, 6) is -0.270. The van der Waals surface area contributed by atoms with Crippen LogP contribution in [0.5, 0.6) is 11.5 Å². The van der Waals surface area contributed by atoms with Gasteiger partial charge in [-0.3, -0.25) is 9.59 Å². The minimum absolute atomic E-state index is 0.0384. The number of aromatic hydroxyl groups is 1. The Labute approximate surface area is 153 Å². The Morgan fingerprint density at radius 1 is 1.08 bits per heavy atom. The van der Waals surface area contributed by atoms with E-state index in [-0.39, 0.29) is 23.3 Å². The summed E-state index contributed by atoms with van der Waals surface area (Å²) in [6, 6.07) is 9.80. The van der Waals surface area contributed by atoms with Crippen molar-refractivity contribution in [1.29, 1.82) is 0 Å². The van der Waals surface area contributed by atoms with Gasteiger partial charge in [-0.2, -0.15) is 0 Å². The van der Waals surface area contributed by atoms with Gasteiger partial charge in [0.05, 0.1) is 18.5 Å². The maximum atomic E-state index is 12.6. The maximum absolute atomic E-state index is 12.6. The van der Waals surface area contributed by atoms with E-state index in [1.807, 2.05) is 19.9 Å². The largest absolute Gasteiger partial charge is 0.504 e. The quantitative estimate of drug-likeness (QED) is 0.697. The molecule has 0 aromatic heterocycles. The minimum atomic E-state index is -0.363. The van der Waals surface area contributed by atoms with Crippen molar-refractivity contribution in [2.45, 2.75) is 33.1 Å². The minimum Gasteiger partial charge on any atom is -0.504 e. The molecule has 0 fully saturated rings. The van der Waals surface area contributed by atoms with Crippen LogP contribution in [0.1, 0.15) is 42.1 Å². The van der Waals surface area contributed by atoms with Gasteiger partial charge in [0.2, 0.25) is 5.91 Å². The molecule has 0 aliphatic carbocycles. The van der Waals surface area contributed by atoms with Gasteiger partial charge in [0.1, 0.15) is 0 Å². The number of hydrogen-bond donors (Lipinski definition) is 3. The molecule has 0 aliphatic rings. The topological polar surface area (TPSA) is 87.7 Å². The van der Waals surface area contributed by atoms with Crippen LogP contribution in [0.4, 0.5) is 11.4 Å². The van der Waals surface area contributed by atoms with Gasteiger partial charge in [-0.25, -0.2) is 0 Å². The van der Waals surface area contributed by atoms with Gasteiger partial charge < -0.3 is 20.5 Å². The number of methoxy groups -OCH3 is 1. The van der Waals surface area contributed by atoms with Crippen molar-refractivity contribution in [2.24, 2.45) is 0 Å². The molecular formula is C20H24N2O4. The number of nitrogens with one attached hydrogen (secondary N) is 2. The summed E-state index contributed by atoms with van der Waals surface area (Å²) >= 11 is 0. The van der Waals surface area contributed by atoms with Crippen LogP contribution in [0, 0.1) is 6.92 Å². The fraction of sp³-hybridized carbons (Fsp3) is 0.300. The summed E-state index contributed by atoms with van der Waals surface area (Å²) in [7, 11) is 1.42. The monoisotopic (exact) mass is 356 g/mol. The second-order valence-corrected chi connectivity index (χ2v) is 6.04. The summed E-state index contributed by atoms with van der Waals surface area (Å²) in [6.45, 7) is 3.93. The molecule has 0 saturated heterocycles. The third-order valence-electron chi connectivity index (χ3n) is 3.90. The second kappa shape index (κ2) is 8.89. The number of phenolic OH excluding ortho intramolecular Hbond substituents is 1. The zero-order valence-corrected chi connectivity index (χ0v) is 15.3. The number of aryl methyl sites for hydroxylation is 1. The first-order chi connectivity index (χ1) is 12.4. The van der Waals surface area contributed by atoms with Crippen molar-refractivity contribution in [3.8, 4) is 11.5 Å². The van der Waals surface area contributed by atoms with Crippen molar-refractivity contribution in [3.05, 3.63) is 47.5 Å². The third kappa shape index (κ3) is 4.99. The van der Waals surface area contributed by atoms with Gasteiger partial charge in [0.25, 0.3) is 5.91 Å². The average Bonchev–Trinajstić information content (AvgIpc) is 2.62. The van der Waals surface area contributed by atoms with Crippen molar-refractivity contribution in [3.63, 3.8) is 0 Å². The van der Waals surface area contributed by atoms with E-state index in [2.05, 4.69) is 10.6 Å². The summed E-state index contributed by atoms with van der Waals surface area (Å²) in [4.78, 5) is 24.6. The summed E-state index contributed by atoms with van der Waals surface area (Å²) in [6.07, 6.45) is 2.19. The van der Waals surface area contributed by atoms with Gasteiger partial charge >= 0.3 is 0 Å². The molecule has 2 rings (SSSR count). The zero-order valence-electron chi connectivity index (χ0n) is 15.3. The normalized spacial score (nSPS) is 10.3. The number of carbonyl (C=O) groups excluding carboxylic acids is 2. The first-order valence-electron chi connectivity index (χ1n) is 8.53. The fourth-order valence-electron chi connectivity index (χ4n) is 2.43. The molecule has 26 heavy (non-hydrogen) atoms. The molecule has 0 aliphatic heterocycles. The maximum Gasteiger partial charge on any atom is 0.255 e. The zero-order chi connectivity index (χ0) is 19.1. The highest BCUT2D eigenvalue weighted by Crippen LogP contribution is 2.28. The molecule has 0 radical (unpaired) electrons. The van der Waals surface area contributed by atoms with Crippen LogP contribution in [-0.4, -0.2) is 24.0 Å². The van der Waals surface area contributed by atoms with Crippen LogP contribution in [0.25, 0.3) is 0 Å². The van der Waals surface area contributed by atoms with Crippen molar-refractivity contribution in [1.82, 2.24) is 0 Å². The van der Waals surface area contributed by atoms with E-state index in [4.69, 9.17) is 4.74 Å². The predicted octanol–water partition coefficient (Wildman–Crippen LogP) is 4.09. The van der Waals surface area contributed by atoms with Crippen molar-refractivity contribution < 1.29 is 19.4 Å². The first kappa shape index (κ1) is 19.3. The lowest BCUT2D eigenvalue weighted by molar-refractivity contribution is -0.116. The SMILES string of the molecule is CCCCC(=O)Nc1ccc(C)cc1NC(=O)c1ccc(O)c(OC)c1. The average molecular weight is 356 g/mol. The number of hydrogen-bond acceptors (Lipinski definition) is 4. The van der Waals surface area contributed by atoms with E-state index in [0.29, 0.717) is 23.4 Å². The standard InChI is InChI=1S/C20H24N2O4/c1-4-5-6-19(24)21-15-9-7-13(2)11-16(15)22-20(25)14-8-10-17(23)18(12-14)26-3/h7-12,23H,4-6H2,1-3H3,(H,21,24)(H,22,25). The Hall–Kier alpha value is -3.02. The molecule has 2 amide bonds. The number of rotatable bonds is 7. The number of phenols is 1. The molecule has 0 heterocycles. The van der Waals surface area contributed by atoms with E-state index in [9.17, 15) is 14.7 Å². The summed E-state index contributed by atoms with van der Waals surface area (Å²) in [5, 5.41) is 15.3. The molecule has 0 unspecified atom stereocenters. The molecule has 0 atom stereocenters. The van der Waals surface area contributed by atoms with E-state index < -0.39 is 0 Å². The number of unbranched alkanes of at least 4 members (excludes halogenated alkanes) is 1. The van der Waals surface area contributed by atoms with Crippen LogP contribution >= 0.6 is 0 Å². The number of carbonyl (C=O) groups is 2. The van der Waals surface area contributed by atoms with Crippen LogP contribution in [0.15, 0.2) is 36.4 Å². The highest BCUT2D eigenvalue weighted by molar-refractivity contribution is 6.07. The highest BCUT2D eigenvalue weighted by atomic mass is 16.5. The van der Waals surface area contributed by atoms with Gasteiger partial charge in [0.15, 0.2) is 11.5 Å². The fourth-order valence-corrected chi connectivity index (χ4v) is 2.43. The van der Waals surface area contributed by atoms with E-state index in [1.165, 1.54) is 25.3 Å². The van der Waals surface area contributed by atoms with Gasteiger partial charge in [-0.05, 0) is 49.2 Å². The Morgan fingerprint density at radius 2 is 1.85 bits per heavy atom. The number of ether oxygens (including phenoxy) is 1. The molecule has 0 bridgehead atoms. The number of amides is 2. The van der Waals surface area contributed by atoms with Crippen LogP contribution in [0.2, 0.25) is 0 Å². The van der Waals surface area contributed by atoms with E-state index >= 15 is 0 Å². The lowest BCUT2D eigenvalue weighted by Crippen LogP contribution is -2.16. The van der Waals surface area contributed by atoms with Crippen LogP contribution in [-0.2, 0) is 4.79 Å². The molecule has 2 aromatic rings. The Morgan fingerprint density at radius 3 is 2.54 bits per heavy atom. The molecule has 138 valence electrons.